The molecule has 0 unspecified atom stereocenters. The summed E-state index contributed by atoms with van der Waals surface area (Å²) >= 11 is 0. The third kappa shape index (κ3) is 9.01. The van der Waals surface area contributed by atoms with Crippen LogP contribution in [0.3, 0.4) is 0 Å². The standard InChI is InChI=1S/C15H16N3.C7H16.U/c1-10(2)12-4-6-13(7-5-12)15-11(3)18-14(16)8-9-17-15;1-3-5-7-6-4-2;/h4-6,8H,1,9,16H2,2-3H3;3-7H2,1-2H3;/q-1;;. The Morgan fingerprint density at radius 1 is 1.19 bits per heavy atom. The Balaban J connectivity index is 0.000000673. The van der Waals surface area contributed by atoms with Crippen LogP contribution in [-0.4, -0.2) is 18.0 Å². The molecule has 3 nitrogen and oxygen atoms in total. The normalized spacial score (nSPS) is 13.2. The zero-order chi connectivity index (χ0) is 18.7. The largest absolute Gasteiger partial charge is 0.384 e. The maximum absolute atomic E-state index is 5.71. The van der Waals surface area contributed by atoms with Crippen LogP contribution in [0.25, 0.3) is 5.57 Å². The topological polar surface area (TPSA) is 50.7 Å². The van der Waals surface area contributed by atoms with Gasteiger partial charge in [0.25, 0.3) is 0 Å². The number of hydrogen-bond acceptors (Lipinski definition) is 3. The van der Waals surface area contributed by atoms with Crippen molar-refractivity contribution in [3.63, 3.8) is 0 Å². The predicted molar refractivity (Wildman–Crippen MR) is 111 cm³/mol. The van der Waals surface area contributed by atoms with E-state index in [-0.39, 0.29) is 31.1 Å². The summed E-state index contributed by atoms with van der Waals surface area (Å²) in [5, 5.41) is 0. The molecule has 1 aliphatic heterocycles. The van der Waals surface area contributed by atoms with Crippen molar-refractivity contribution < 1.29 is 31.1 Å². The van der Waals surface area contributed by atoms with Gasteiger partial charge < -0.3 is 10.7 Å². The van der Waals surface area contributed by atoms with Gasteiger partial charge in [0, 0.05) is 42.5 Å². The van der Waals surface area contributed by atoms with Crippen LogP contribution in [0.2, 0.25) is 0 Å². The SMILES string of the molecule is C=C(C)c1c[c-]c(C2=NCC=C(N)N=C2C)cc1.CCCCCCC.[U]. The van der Waals surface area contributed by atoms with E-state index in [1.54, 1.807) is 6.08 Å². The number of allylic oxidation sites excluding steroid dienone is 1. The van der Waals surface area contributed by atoms with E-state index in [0.29, 0.717) is 12.4 Å². The van der Waals surface area contributed by atoms with E-state index in [1.165, 1.54) is 32.1 Å². The quantitative estimate of drug-likeness (QED) is 0.350. The third-order valence-electron chi connectivity index (χ3n) is 3.96. The van der Waals surface area contributed by atoms with Crippen molar-refractivity contribution in [2.24, 2.45) is 15.7 Å². The summed E-state index contributed by atoms with van der Waals surface area (Å²) < 4.78 is 0. The van der Waals surface area contributed by atoms with Crippen LogP contribution in [0.5, 0.6) is 0 Å². The first-order chi connectivity index (χ1) is 12.0. The summed E-state index contributed by atoms with van der Waals surface area (Å²) in [6.45, 7) is 12.8. The fraction of sp³-hybridized carbons (Fsp3) is 0.455. The van der Waals surface area contributed by atoms with Crippen LogP contribution in [0.15, 0.2) is 46.7 Å². The molecule has 2 rings (SSSR count). The Kier molecular flexibility index (Phi) is 13.4. The second-order valence-corrected chi connectivity index (χ2v) is 6.35. The average molecular weight is 577 g/mol. The minimum absolute atomic E-state index is 0. The Hall–Kier alpha value is -1.11. The van der Waals surface area contributed by atoms with Crippen LogP contribution in [0.1, 0.15) is 70.9 Å². The van der Waals surface area contributed by atoms with E-state index in [0.717, 1.165) is 28.1 Å². The van der Waals surface area contributed by atoms with Gasteiger partial charge in [0.15, 0.2) is 0 Å². The summed E-state index contributed by atoms with van der Waals surface area (Å²) in [4.78, 5) is 8.75. The van der Waals surface area contributed by atoms with Crippen molar-refractivity contribution in [3.05, 3.63) is 53.9 Å². The molecule has 140 valence electrons. The van der Waals surface area contributed by atoms with E-state index in [9.17, 15) is 0 Å². The molecule has 26 heavy (non-hydrogen) atoms. The van der Waals surface area contributed by atoms with Gasteiger partial charge in [0.2, 0.25) is 0 Å². The minimum atomic E-state index is 0. The maximum atomic E-state index is 5.71. The van der Waals surface area contributed by atoms with E-state index < -0.39 is 0 Å². The molecule has 0 bridgehead atoms. The predicted octanol–water partition coefficient (Wildman–Crippen LogP) is 5.56. The van der Waals surface area contributed by atoms with Crippen molar-refractivity contribution >= 4 is 17.0 Å². The number of rotatable bonds is 6. The molecule has 0 saturated carbocycles. The van der Waals surface area contributed by atoms with Crippen molar-refractivity contribution in [1.82, 2.24) is 0 Å². The maximum Gasteiger partial charge on any atom is 0.120 e. The molecule has 0 aromatic heterocycles. The molecular weight excluding hydrogens is 544 g/mol. The first-order valence-electron chi connectivity index (χ1n) is 9.23. The zero-order valence-corrected chi connectivity index (χ0v) is 20.9. The fourth-order valence-electron chi connectivity index (χ4n) is 2.43. The van der Waals surface area contributed by atoms with E-state index in [1.807, 2.05) is 32.0 Å². The second-order valence-electron chi connectivity index (χ2n) is 6.35. The number of hydrogen-bond donors (Lipinski definition) is 1. The van der Waals surface area contributed by atoms with Crippen molar-refractivity contribution in [2.45, 2.75) is 59.8 Å². The van der Waals surface area contributed by atoms with Crippen LogP contribution in [0, 0.1) is 37.2 Å². The Morgan fingerprint density at radius 3 is 2.35 bits per heavy atom. The van der Waals surface area contributed by atoms with Gasteiger partial charge in [0.1, 0.15) is 5.82 Å². The van der Waals surface area contributed by atoms with Gasteiger partial charge in [-0.25, -0.2) is 4.99 Å². The summed E-state index contributed by atoms with van der Waals surface area (Å²) in [6, 6.07) is 9.16. The molecule has 1 aliphatic rings. The van der Waals surface area contributed by atoms with Gasteiger partial charge in [-0.15, -0.1) is 42.0 Å². The van der Waals surface area contributed by atoms with Crippen molar-refractivity contribution in [1.29, 1.82) is 0 Å². The first-order valence-corrected chi connectivity index (χ1v) is 9.23. The molecule has 4 heteroatoms. The number of benzene rings is 1. The van der Waals surface area contributed by atoms with E-state index in [4.69, 9.17) is 5.73 Å². The Bertz CT molecular complexity index is 636. The second kappa shape index (κ2) is 14.0. The molecule has 2 N–H and O–H groups in total. The summed E-state index contributed by atoms with van der Waals surface area (Å²) in [5.41, 5.74) is 10.4. The van der Waals surface area contributed by atoms with E-state index in [2.05, 4.69) is 36.5 Å². The van der Waals surface area contributed by atoms with Crippen LogP contribution in [-0.2, 0) is 0 Å². The molecule has 0 saturated heterocycles. The molecule has 0 fully saturated rings. The van der Waals surface area contributed by atoms with Crippen LogP contribution < -0.4 is 5.73 Å². The summed E-state index contributed by atoms with van der Waals surface area (Å²) in [6.07, 6.45) is 8.81. The van der Waals surface area contributed by atoms with Crippen molar-refractivity contribution in [3.8, 4) is 0 Å². The zero-order valence-electron chi connectivity index (χ0n) is 16.7. The Morgan fingerprint density at radius 2 is 1.85 bits per heavy atom. The molecule has 0 amide bonds. The van der Waals surface area contributed by atoms with Gasteiger partial charge >= 0.3 is 0 Å². The average Bonchev–Trinajstić information content (AvgIpc) is 2.76. The van der Waals surface area contributed by atoms with Gasteiger partial charge in [-0.3, -0.25) is 0 Å². The first kappa shape index (κ1) is 24.9. The van der Waals surface area contributed by atoms with Gasteiger partial charge in [0.05, 0.1) is 6.54 Å². The molecular formula is C22H32N3U-. The van der Waals surface area contributed by atoms with Crippen molar-refractivity contribution in [2.75, 3.05) is 6.54 Å². The molecule has 1 heterocycles. The molecule has 1 aromatic carbocycles. The van der Waals surface area contributed by atoms with Gasteiger partial charge in [-0.05, 0) is 19.9 Å². The minimum Gasteiger partial charge on any atom is -0.384 e. The van der Waals surface area contributed by atoms with E-state index >= 15 is 0 Å². The number of nitrogens with zero attached hydrogens (tertiary/aromatic N) is 2. The third-order valence-corrected chi connectivity index (χ3v) is 3.96. The van der Waals surface area contributed by atoms with Gasteiger partial charge in [-0.2, -0.15) is 0 Å². The molecule has 0 atom stereocenters. The smallest absolute Gasteiger partial charge is 0.120 e. The van der Waals surface area contributed by atoms with Gasteiger partial charge in [-0.1, -0.05) is 51.5 Å². The number of aliphatic imine (C=N–C) groups is 2. The summed E-state index contributed by atoms with van der Waals surface area (Å²) in [7, 11) is 0. The molecule has 0 radical (unpaired) electrons. The molecule has 1 aromatic rings. The fourth-order valence-corrected chi connectivity index (χ4v) is 2.43. The number of unbranched alkanes of at least 4 members (excludes halogenated alkanes) is 4. The van der Waals surface area contributed by atoms with Crippen LogP contribution >= 0.6 is 0 Å². The number of nitrogens with two attached hydrogens (primary N) is 1. The monoisotopic (exact) mass is 576 g/mol. The molecule has 0 aliphatic carbocycles. The summed E-state index contributed by atoms with van der Waals surface area (Å²) in [5.74, 6) is 0.518. The molecule has 0 spiro atoms. The Labute approximate surface area is 183 Å². The van der Waals surface area contributed by atoms with Crippen LogP contribution in [0.4, 0.5) is 0 Å².